The molecule has 0 aliphatic rings. The van der Waals surface area contributed by atoms with E-state index in [-0.39, 0.29) is 28.4 Å². The van der Waals surface area contributed by atoms with Gasteiger partial charge in [0.05, 0.1) is 28.4 Å². The highest BCUT2D eigenvalue weighted by atomic mass is 35.5. The summed E-state index contributed by atoms with van der Waals surface area (Å²) >= 11 is 17.6. The van der Waals surface area contributed by atoms with Gasteiger partial charge < -0.3 is 16.4 Å². The fourth-order valence-corrected chi connectivity index (χ4v) is 2.54. The number of anilines is 3. The highest BCUT2D eigenvalue weighted by Gasteiger charge is 2.21. The molecule has 0 aromatic heterocycles. The van der Waals surface area contributed by atoms with Crippen molar-refractivity contribution in [3.63, 3.8) is 0 Å². The Morgan fingerprint density at radius 1 is 1.15 bits per heavy atom. The van der Waals surface area contributed by atoms with E-state index in [0.29, 0.717) is 5.69 Å². The highest BCUT2D eigenvalue weighted by molar-refractivity contribution is 6.49. The second-order valence-electron chi connectivity index (χ2n) is 5.68. The Bertz CT molecular complexity index is 854. The van der Waals surface area contributed by atoms with E-state index in [1.54, 1.807) is 0 Å². The fourth-order valence-electron chi connectivity index (χ4n) is 2.09. The molecule has 0 heterocycles. The smallest absolute Gasteiger partial charge is 0.257 e. The Morgan fingerprint density at radius 2 is 1.85 bits per heavy atom. The number of rotatable bonds is 5. The molecular formula is C17H15Cl3FN3O2. The molecule has 0 spiro atoms. The zero-order valence-electron chi connectivity index (χ0n) is 13.6. The molecule has 0 unspecified atom stereocenters. The summed E-state index contributed by atoms with van der Waals surface area (Å²) in [6.45, 7) is 1.49. The summed E-state index contributed by atoms with van der Waals surface area (Å²) < 4.78 is 12.1. The van der Waals surface area contributed by atoms with E-state index in [0.717, 1.165) is 6.07 Å². The van der Waals surface area contributed by atoms with Crippen molar-refractivity contribution >= 4 is 63.7 Å². The predicted molar refractivity (Wildman–Crippen MR) is 104 cm³/mol. The number of nitrogens with two attached hydrogens (primary N) is 1. The maximum absolute atomic E-state index is 13.3. The number of alkyl halides is 2. The average molecular weight is 419 g/mol. The predicted octanol–water partition coefficient (Wildman–Crippen LogP) is 4.84. The van der Waals surface area contributed by atoms with Gasteiger partial charge >= 0.3 is 0 Å². The molecule has 138 valence electrons. The minimum atomic E-state index is -1.22. The van der Waals surface area contributed by atoms with Gasteiger partial charge in [-0.05, 0) is 43.3 Å². The molecule has 0 atom stereocenters. The summed E-state index contributed by atoms with van der Waals surface area (Å²) in [7, 11) is 0. The third-order valence-electron chi connectivity index (χ3n) is 3.23. The molecular weight excluding hydrogens is 404 g/mol. The molecule has 0 aliphatic carbocycles. The second kappa shape index (κ2) is 8.12. The van der Waals surface area contributed by atoms with Crippen LogP contribution in [-0.4, -0.2) is 16.1 Å². The summed E-state index contributed by atoms with van der Waals surface area (Å²) in [6, 6.07) is 7.95. The Kier molecular flexibility index (Phi) is 6.34. The zero-order valence-corrected chi connectivity index (χ0v) is 15.8. The van der Waals surface area contributed by atoms with E-state index in [2.05, 4.69) is 10.6 Å². The molecule has 26 heavy (non-hydrogen) atoms. The average Bonchev–Trinajstić information content (AvgIpc) is 2.51. The molecule has 2 amide bonds. The third kappa shape index (κ3) is 5.76. The van der Waals surface area contributed by atoms with E-state index >= 15 is 0 Å². The molecule has 0 fully saturated rings. The van der Waals surface area contributed by atoms with E-state index in [1.807, 2.05) is 0 Å². The van der Waals surface area contributed by atoms with E-state index in [1.165, 1.54) is 37.3 Å². The van der Waals surface area contributed by atoms with Crippen LogP contribution in [0.2, 0.25) is 5.02 Å². The molecule has 4 N–H and O–H groups in total. The summed E-state index contributed by atoms with van der Waals surface area (Å²) in [4.78, 5) is 24.3. The maximum Gasteiger partial charge on any atom is 0.257 e. The second-order valence-corrected chi connectivity index (χ2v) is 7.94. The van der Waals surface area contributed by atoms with Crippen LogP contribution in [0.25, 0.3) is 0 Å². The van der Waals surface area contributed by atoms with E-state index < -0.39 is 22.0 Å². The molecule has 2 aromatic carbocycles. The van der Waals surface area contributed by atoms with Gasteiger partial charge in [0.15, 0.2) is 0 Å². The molecule has 2 rings (SSSR count). The van der Waals surface area contributed by atoms with Gasteiger partial charge in [-0.25, -0.2) is 4.39 Å². The number of halogens is 4. The van der Waals surface area contributed by atoms with Gasteiger partial charge in [-0.2, -0.15) is 0 Å². The summed E-state index contributed by atoms with van der Waals surface area (Å²) in [5.41, 5.74) is 6.43. The van der Waals surface area contributed by atoms with Gasteiger partial charge in [-0.3, -0.25) is 9.59 Å². The summed E-state index contributed by atoms with van der Waals surface area (Å²) in [5, 5.41) is 5.21. The number of benzene rings is 2. The SMILES string of the molecule is CC(Cl)(Cl)CC(=O)Nc1ccc(Cl)c(C(=O)Nc2cc(F)ccc2N)c1. The van der Waals surface area contributed by atoms with Crippen molar-refractivity contribution in [2.45, 2.75) is 17.7 Å². The lowest BCUT2D eigenvalue weighted by Gasteiger charge is -2.14. The van der Waals surface area contributed by atoms with Crippen LogP contribution in [0.3, 0.4) is 0 Å². The van der Waals surface area contributed by atoms with Gasteiger partial charge in [-0.15, -0.1) is 23.2 Å². The van der Waals surface area contributed by atoms with Crippen molar-refractivity contribution in [1.29, 1.82) is 0 Å². The Morgan fingerprint density at radius 3 is 2.50 bits per heavy atom. The van der Waals surface area contributed by atoms with Crippen molar-refractivity contribution in [3.05, 3.63) is 52.8 Å². The minimum Gasteiger partial charge on any atom is -0.397 e. The molecule has 0 saturated carbocycles. The summed E-state index contributed by atoms with van der Waals surface area (Å²) in [6.07, 6.45) is -0.139. The number of hydrogen-bond acceptors (Lipinski definition) is 3. The first-order chi connectivity index (χ1) is 12.0. The van der Waals surface area contributed by atoms with Crippen LogP contribution in [0.15, 0.2) is 36.4 Å². The van der Waals surface area contributed by atoms with Gasteiger partial charge in [0.2, 0.25) is 5.91 Å². The van der Waals surface area contributed by atoms with Crippen LogP contribution in [-0.2, 0) is 4.79 Å². The molecule has 0 saturated heterocycles. The molecule has 0 bridgehead atoms. The normalized spacial score (nSPS) is 11.1. The summed E-state index contributed by atoms with van der Waals surface area (Å²) in [5.74, 6) is -1.59. The van der Waals surface area contributed by atoms with E-state index in [4.69, 9.17) is 40.5 Å². The highest BCUT2D eigenvalue weighted by Crippen LogP contribution is 2.27. The fraction of sp³-hybridized carbons (Fsp3) is 0.176. The van der Waals surface area contributed by atoms with Crippen LogP contribution in [0.1, 0.15) is 23.7 Å². The van der Waals surface area contributed by atoms with Crippen LogP contribution in [0.4, 0.5) is 21.5 Å². The van der Waals surface area contributed by atoms with Crippen LogP contribution in [0, 0.1) is 5.82 Å². The number of nitrogens with one attached hydrogen (secondary N) is 2. The third-order valence-corrected chi connectivity index (χ3v) is 3.83. The first-order valence-electron chi connectivity index (χ1n) is 7.39. The van der Waals surface area contributed by atoms with Gasteiger partial charge in [0.25, 0.3) is 5.91 Å². The number of carbonyl (C=O) groups is 2. The molecule has 2 aromatic rings. The lowest BCUT2D eigenvalue weighted by molar-refractivity contribution is -0.116. The lowest BCUT2D eigenvalue weighted by atomic mass is 10.1. The number of carbonyl (C=O) groups excluding carboxylic acids is 2. The van der Waals surface area contributed by atoms with Crippen molar-refractivity contribution in [2.75, 3.05) is 16.4 Å². The van der Waals surface area contributed by atoms with Gasteiger partial charge in [0.1, 0.15) is 10.2 Å². The minimum absolute atomic E-state index is 0.0765. The molecule has 0 aliphatic heterocycles. The van der Waals surface area contributed by atoms with Crippen molar-refractivity contribution in [2.24, 2.45) is 0 Å². The van der Waals surface area contributed by atoms with Crippen molar-refractivity contribution in [3.8, 4) is 0 Å². The van der Waals surface area contributed by atoms with E-state index in [9.17, 15) is 14.0 Å². The Labute approximate surface area is 164 Å². The van der Waals surface area contributed by atoms with Crippen LogP contribution < -0.4 is 16.4 Å². The molecule has 9 heteroatoms. The first-order valence-corrected chi connectivity index (χ1v) is 8.52. The quantitative estimate of drug-likeness (QED) is 0.480. The van der Waals surface area contributed by atoms with Gasteiger partial charge in [-0.1, -0.05) is 11.6 Å². The van der Waals surface area contributed by atoms with Crippen LogP contribution >= 0.6 is 34.8 Å². The largest absolute Gasteiger partial charge is 0.397 e. The molecule has 0 radical (unpaired) electrons. The Hall–Kier alpha value is -2.02. The number of hydrogen-bond donors (Lipinski definition) is 3. The molecule has 5 nitrogen and oxygen atoms in total. The first kappa shape index (κ1) is 20.3. The van der Waals surface area contributed by atoms with Crippen LogP contribution in [0.5, 0.6) is 0 Å². The van der Waals surface area contributed by atoms with Crippen molar-refractivity contribution < 1.29 is 14.0 Å². The van der Waals surface area contributed by atoms with Gasteiger partial charge in [0, 0.05) is 5.69 Å². The lowest BCUT2D eigenvalue weighted by Crippen LogP contribution is -2.21. The standard InChI is InChI=1S/C17H15Cl3FN3O2/c1-17(19,20)8-15(25)23-10-3-4-12(18)11(7-10)16(26)24-14-6-9(21)2-5-13(14)22/h2-7H,8,22H2,1H3,(H,23,25)(H,24,26). The number of amides is 2. The Balaban J connectivity index is 2.19. The monoisotopic (exact) mass is 417 g/mol. The topological polar surface area (TPSA) is 84.2 Å². The zero-order chi connectivity index (χ0) is 19.5. The number of nitrogen functional groups attached to an aromatic ring is 1. The van der Waals surface area contributed by atoms with Crippen molar-refractivity contribution in [1.82, 2.24) is 0 Å². The maximum atomic E-state index is 13.3.